The van der Waals surface area contributed by atoms with E-state index in [-0.39, 0.29) is 17.8 Å². The van der Waals surface area contributed by atoms with Gasteiger partial charge in [-0.25, -0.2) is 4.98 Å². The summed E-state index contributed by atoms with van der Waals surface area (Å²) in [6.45, 7) is -0.266. The number of nitrogens with zero attached hydrogens (tertiary/aromatic N) is 1. The predicted molar refractivity (Wildman–Crippen MR) is 65.3 cm³/mol. The molecule has 1 aromatic carbocycles. The largest absolute Gasteiger partial charge is 0.492 e. The maximum Gasteiger partial charge on any atom is 0.416 e. The Labute approximate surface area is 111 Å². The van der Waals surface area contributed by atoms with E-state index >= 15 is 0 Å². The molecule has 0 fully saturated rings. The summed E-state index contributed by atoms with van der Waals surface area (Å²) in [7, 11) is 0. The maximum atomic E-state index is 12.8. The summed E-state index contributed by atoms with van der Waals surface area (Å²) < 4.78 is 38.3. The van der Waals surface area contributed by atoms with Crippen molar-refractivity contribution >= 4 is 5.69 Å². The number of anilines is 1. The molecule has 0 radical (unpaired) electrons. The van der Waals surface area contributed by atoms with Crippen LogP contribution in [0.4, 0.5) is 18.9 Å². The van der Waals surface area contributed by atoms with Crippen LogP contribution in [0.3, 0.4) is 0 Å². The second-order valence-corrected chi connectivity index (χ2v) is 3.94. The van der Waals surface area contributed by atoms with Gasteiger partial charge in [-0.1, -0.05) is 18.2 Å². The molecule has 0 unspecified atom stereocenters. The number of aromatic hydroxyl groups is 1. The second-order valence-electron chi connectivity index (χ2n) is 3.94. The van der Waals surface area contributed by atoms with Gasteiger partial charge in [0, 0.05) is 6.54 Å². The average Bonchev–Trinajstić information content (AvgIpc) is 2.37. The highest BCUT2D eigenvalue weighted by atomic mass is 19.4. The van der Waals surface area contributed by atoms with Gasteiger partial charge in [0.2, 0.25) is 5.88 Å². The van der Waals surface area contributed by atoms with E-state index in [1.165, 1.54) is 18.2 Å². The Bertz CT molecular complexity index is 667. The van der Waals surface area contributed by atoms with Crippen LogP contribution in [0.2, 0.25) is 0 Å². The summed E-state index contributed by atoms with van der Waals surface area (Å²) in [6, 6.07) is 4.97. The molecule has 5 nitrogen and oxygen atoms in total. The number of hydrogen-bond donors (Lipinski definition) is 3. The first-order valence-corrected chi connectivity index (χ1v) is 5.55. The van der Waals surface area contributed by atoms with Crippen molar-refractivity contribution in [2.24, 2.45) is 0 Å². The Morgan fingerprint density at radius 1 is 1.30 bits per heavy atom. The van der Waals surface area contributed by atoms with Crippen molar-refractivity contribution in [1.82, 2.24) is 9.97 Å². The summed E-state index contributed by atoms with van der Waals surface area (Å²) in [5, 5.41) is 11.8. The van der Waals surface area contributed by atoms with E-state index in [0.29, 0.717) is 0 Å². The van der Waals surface area contributed by atoms with Gasteiger partial charge in [-0.2, -0.15) is 13.2 Å². The van der Waals surface area contributed by atoms with Gasteiger partial charge in [0.15, 0.2) is 5.69 Å². The molecule has 3 N–H and O–H groups in total. The first kappa shape index (κ1) is 13.9. The van der Waals surface area contributed by atoms with Crippen LogP contribution in [0.5, 0.6) is 5.88 Å². The minimum Gasteiger partial charge on any atom is -0.492 e. The molecule has 106 valence electrons. The van der Waals surface area contributed by atoms with Gasteiger partial charge < -0.3 is 15.4 Å². The third-order valence-corrected chi connectivity index (χ3v) is 2.61. The summed E-state index contributed by atoms with van der Waals surface area (Å²) in [5.41, 5.74) is -1.78. The number of aromatic nitrogens is 2. The number of nitrogens with one attached hydrogen (secondary N) is 2. The number of H-pyrrole nitrogens is 1. The highest BCUT2D eigenvalue weighted by molar-refractivity contribution is 5.50. The third-order valence-electron chi connectivity index (χ3n) is 2.61. The fraction of sp³-hybridized carbons (Fsp3) is 0.167. The smallest absolute Gasteiger partial charge is 0.416 e. The molecule has 8 heteroatoms. The molecule has 0 aliphatic heterocycles. The zero-order valence-electron chi connectivity index (χ0n) is 10.0. The predicted octanol–water partition coefficient (Wildman–Crippen LogP) is 2.11. The fourth-order valence-corrected chi connectivity index (χ4v) is 1.68. The van der Waals surface area contributed by atoms with E-state index in [9.17, 15) is 23.1 Å². The Hall–Kier alpha value is -2.51. The normalized spacial score (nSPS) is 11.3. The zero-order valence-corrected chi connectivity index (χ0v) is 10.0. The van der Waals surface area contributed by atoms with Crippen molar-refractivity contribution in [1.29, 1.82) is 0 Å². The van der Waals surface area contributed by atoms with Crippen LogP contribution in [0.1, 0.15) is 11.1 Å². The first-order chi connectivity index (χ1) is 9.39. The Morgan fingerprint density at radius 2 is 2.00 bits per heavy atom. The fourth-order valence-electron chi connectivity index (χ4n) is 1.68. The lowest BCUT2D eigenvalue weighted by atomic mass is 10.1. The van der Waals surface area contributed by atoms with Gasteiger partial charge in [0.25, 0.3) is 5.56 Å². The highest BCUT2D eigenvalue weighted by Gasteiger charge is 2.32. The lowest BCUT2D eigenvalue weighted by molar-refractivity contribution is -0.138. The van der Waals surface area contributed by atoms with E-state index in [4.69, 9.17) is 0 Å². The van der Waals surface area contributed by atoms with E-state index < -0.39 is 23.2 Å². The van der Waals surface area contributed by atoms with Crippen molar-refractivity contribution in [3.05, 3.63) is 52.1 Å². The zero-order chi connectivity index (χ0) is 14.8. The topological polar surface area (TPSA) is 78.0 Å². The number of aromatic amines is 1. The van der Waals surface area contributed by atoms with E-state index in [0.717, 1.165) is 12.4 Å². The number of rotatable bonds is 3. The van der Waals surface area contributed by atoms with Crippen LogP contribution in [-0.4, -0.2) is 15.1 Å². The van der Waals surface area contributed by atoms with Crippen molar-refractivity contribution in [3.63, 3.8) is 0 Å². The van der Waals surface area contributed by atoms with E-state index in [1.807, 2.05) is 0 Å². The van der Waals surface area contributed by atoms with Crippen molar-refractivity contribution in [3.8, 4) is 5.88 Å². The minimum atomic E-state index is -4.48. The van der Waals surface area contributed by atoms with Crippen LogP contribution < -0.4 is 10.9 Å². The molecule has 0 saturated carbocycles. The molecule has 20 heavy (non-hydrogen) atoms. The van der Waals surface area contributed by atoms with E-state index in [1.54, 1.807) is 0 Å². The lowest BCUT2D eigenvalue weighted by Crippen LogP contribution is -2.16. The van der Waals surface area contributed by atoms with Crippen LogP contribution >= 0.6 is 0 Å². The molecule has 0 spiro atoms. The molecule has 0 bridgehead atoms. The highest BCUT2D eigenvalue weighted by Crippen LogP contribution is 2.32. The van der Waals surface area contributed by atoms with E-state index in [2.05, 4.69) is 15.3 Å². The molecule has 0 atom stereocenters. The van der Waals surface area contributed by atoms with Crippen molar-refractivity contribution < 1.29 is 18.3 Å². The summed E-state index contributed by atoms with van der Waals surface area (Å²) in [4.78, 5) is 17.1. The maximum absolute atomic E-state index is 12.8. The molecule has 2 aromatic rings. The van der Waals surface area contributed by atoms with Crippen LogP contribution in [-0.2, 0) is 12.7 Å². The molecule has 0 aliphatic rings. The lowest BCUT2D eigenvalue weighted by Gasteiger charge is -2.13. The van der Waals surface area contributed by atoms with Gasteiger partial charge in [-0.3, -0.25) is 4.79 Å². The summed E-state index contributed by atoms with van der Waals surface area (Å²) in [5.74, 6) is -0.571. The Balaban J connectivity index is 2.26. The molecule has 0 amide bonds. The summed E-state index contributed by atoms with van der Waals surface area (Å²) >= 11 is 0. The van der Waals surface area contributed by atoms with Gasteiger partial charge in [0.05, 0.1) is 11.9 Å². The molecular formula is C12H10F3N3O2. The number of benzene rings is 1. The van der Waals surface area contributed by atoms with Gasteiger partial charge in [-0.05, 0) is 11.6 Å². The van der Waals surface area contributed by atoms with Crippen molar-refractivity contribution in [2.75, 3.05) is 5.32 Å². The SMILES string of the molecule is O=c1[nH]cnc(O)c1NCc1ccccc1C(F)(F)F. The second kappa shape index (κ2) is 5.24. The van der Waals surface area contributed by atoms with Crippen LogP contribution in [0.25, 0.3) is 0 Å². The molecule has 1 heterocycles. The quantitative estimate of drug-likeness (QED) is 0.807. The first-order valence-electron chi connectivity index (χ1n) is 5.55. The molecular weight excluding hydrogens is 275 g/mol. The molecule has 1 aromatic heterocycles. The Kier molecular flexibility index (Phi) is 3.64. The van der Waals surface area contributed by atoms with Crippen molar-refractivity contribution in [2.45, 2.75) is 12.7 Å². The summed E-state index contributed by atoms with van der Waals surface area (Å²) in [6.07, 6.45) is -3.49. The number of hydrogen-bond acceptors (Lipinski definition) is 4. The standard InChI is InChI=1S/C12H10F3N3O2/c13-12(14,15)8-4-2-1-3-7(8)5-16-9-10(19)17-6-18-11(9)20/h1-4,6,16H,5H2,(H2,17,18,19,20). The number of halogens is 3. The number of alkyl halides is 3. The van der Waals surface area contributed by atoms with Gasteiger partial charge in [-0.15, -0.1) is 0 Å². The molecule has 0 saturated heterocycles. The monoisotopic (exact) mass is 285 g/mol. The average molecular weight is 285 g/mol. The molecule has 2 rings (SSSR count). The molecule has 0 aliphatic carbocycles. The van der Waals surface area contributed by atoms with Crippen LogP contribution in [0, 0.1) is 0 Å². The van der Waals surface area contributed by atoms with Crippen LogP contribution in [0.15, 0.2) is 35.4 Å². The minimum absolute atomic E-state index is 0.0392. The van der Waals surface area contributed by atoms with Gasteiger partial charge >= 0.3 is 6.18 Å². The van der Waals surface area contributed by atoms with Gasteiger partial charge in [0.1, 0.15) is 0 Å². The third kappa shape index (κ3) is 2.90. The Morgan fingerprint density at radius 3 is 2.65 bits per heavy atom.